The average molecular weight is 146 g/mol. The second-order valence-corrected chi connectivity index (χ2v) is 2.26. The molecule has 0 amide bonds. The van der Waals surface area contributed by atoms with E-state index in [1.54, 1.807) is 0 Å². The number of nitrogens with one attached hydrogen (secondary N) is 2. The van der Waals surface area contributed by atoms with Crippen LogP contribution in [0, 0.1) is 0 Å². The van der Waals surface area contributed by atoms with Crippen LogP contribution < -0.4 is 16.4 Å². The first-order chi connectivity index (χ1) is 4.33. The Morgan fingerprint density at radius 2 is 2.11 bits per heavy atom. The molecule has 0 aliphatic carbocycles. The summed E-state index contributed by atoms with van der Waals surface area (Å²) in [4.78, 5) is 2.00. The third kappa shape index (κ3) is 1.78. The summed E-state index contributed by atoms with van der Waals surface area (Å²) < 4.78 is 0. The summed E-state index contributed by atoms with van der Waals surface area (Å²) in [5, 5.41) is 6.61. The Bertz CT molecular complexity index is 105. The Morgan fingerprint density at radius 1 is 1.56 bits per heavy atom. The third-order valence-electron chi connectivity index (χ3n) is 1.18. The summed E-state index contributed by atoms with van der Waals surface area (Å²) in [7, 11) is 0. The fraction of sp³-hybridized carbons (Fsp3) is 0.750. The van der Waals surface area contributed by atoms with E-state index in [4.69, 9.17) is 18.0 Å². The monoisotopic (exact) mass is 146 g/mol. The molecule has 52 valence electrons. The zero-order chi connectivity index (χ0) is 6.69. The van der Waals surface area contributed by atoms with Crippen LogP contribution in [-0.4, -0.2) is 30.0 Å². The molecular formula is C4H10N4S. The zero-order valence-electron chi connectivity index (χ0n) is 5.05. The van der Waals surface area contributed by atoms with Crippen molar-refractivity contribution in [1.82, 2.24) is 15.5 Å². The van der Waals surface area contributed by atoms with E-state index in [2.05, 4.69) is 10.6 Å². The molecule has 9 heavy (non-hydrogen) atoms. The summed E-state index contributed by atoms with van der Waals surface area (Å²) in [5.41, 5.74) is 5.35. The van der Waals surface area contributed by atoms with E-state index in [-0.39, 0.29) is 0 Å². The molecule has 4 nitrogen and oxygen atoms in total. The molecule has 0 atom stereocenters. The first-order valence-electron chi connectivity index (χ1n) is 2.77. The molecule has 0 bridgehead atoms. The predicted molar refractivity (Wildman–Crippen MR) is 39.5 cm³/mol. The molecule has 0 aromatic carbocycles. The number of nitrogens with two attached hydrogens (primary N) is 1. The van der Waals surface area contributed by atoms with E-state index in [9.17, 15) is 0 Å². The maximum absolute atomic E-state index is 5.35. The number of hydrogen-bond acceptors (Lipinski definition) is 3. The van der Waals surface area contributed by atoms with Crippen molar-refractivity contribution in [2.24, 2.45) is 5.73 Å². The Labute approximate surface area is 59.4 Å². The number of nitrogens with zero attached hydrogens (tertiary/aromatic N) is 1. The van der Waals surface area contributed by atoms with Gasteiger partial charge in [0.1, 0.15) is 0 Å². The van der Waals surface area contributed by atoms with Crippen molar-refractivity contribution in [2.75, 3.05) is 20.0 Å². The van der Waals surface area contributed by atoms with Crippen LogP contribution in [0.5, 0.6) is 0 Å². The van der Waals surface area contributed by atoms with Gasteiger partial charge < -0.3 is 16.4 Å². The number of rotatable bonds is 1. The average Bonchev–Trinajstić information content (AvgIpc) is 1.90. The highest BCUT2D eigenvalue weighted by Gasteiger charge is 2.07. The lowest BCUT2D eigenvalue weighted by molar-refractivity contribution is 0.251. The number of hydrogen-bond donors (Lipinski definition) is 3. The van der Waals surface area contributed by atoms with E-state index in [0.717, 1.165) is 13.3 Å². The van der Waals surface area contributed by atoms with Gasteiger partial charge in [0.25, 0.3) is 0 Å². The van der Waals surface area contributed by atoms with Gasteiger partial charge in [0.15, 0.2) is 5.11 Å². The molecule has 1 aliphatic rings. The normalized spacial score (nSPS) is 20.8. The van der Waals surface area contributed by atoms with E-state index in [0.29, 0.717) is 11.8 Å². The van der Waals surface area contributed by atoms with Gasteiger partial charge in [-0.25, -0.2) is 0 Å². The summed E-state index contributed by atoms with van der Waals surface area (Å²) >= 11 is 4.82. The Balaban J connectivity index is 2.26. The predicted octanol–water partition coefficient (Wildman–Crippen LogP) is -1.40. The Morgan fingerprint density at radius 3 is 2.56 bits per heavy atom. The van der Waals surface area contributed by atoms with Crippen molar-refractivity contribution in [3.63, 3.8) is 0 Å². The van der Waals surface area contributed by atoms with Crippen LogP contribution in [0.1, 0.15) is 0 Å². The first kappa shape index (κ1) is 6.73. The molecule has 0 aromatic heterocycles. The van der Waals surface area contributed by atoms with Crippen molar-refractivity contribution in [2.45, 2.75) is 0 Å². The van der Waals surface area contributed by atoms with Crippen LogP contribution in [0.4, 0.5) is 0 Å². The standard InChI is InChI=1S/C4H10N4S/c5-1-8-2-6-4(9)7-3-8/h1-3,5H2,(H2,6,7,9). The minimum Gasteiger partial charge on any atom is -0.350 e. The minimum absolute atomic E-state index is 0.558. The van der Waals surface area contributed by atoms with Gasteiger partial charge in [-0.3, -0.25) is 4.90 Å². The Kier molecular flexibility index (Phi) is 2.21. The van der Waals surface area contributed by atoms with Gasteiger partial charge in [-0.2, -0.15) is 0 Å². The van der Waals surface area contributed by atoms with Crippen LogP contribution in [0.2, 0.25) is 0 Å². The fourth-order valence-corrected chi connectivity index (χ4v) is 0.744. The largest absolute Gasteiger partial charge is 0.350 e. The van der Waals surface area contributed by atoms with Gasteiger partial charge in [0, 0.05) is 6.67 Å². The van der Waals surface area contributed by atoms with Crippen molar-refractivity contribution in [1.29, 1.82) is 0 Å². The molecule has 1 saturated heterocycles. The quantitative estimate of drug-likeness (QED) is 0.397. The van der Waals surface area contributed by atoms with E-state index < -0.39 is 0 Å². The minimum atomic E-state index is 0.558. The van der Waals surface area contributed by atoms with Gasteiger partial charge >= 0.3 is 0 Å². The molecule has 0 unspecified atom stereocenters. The van der Waals surface area contributed by atoms with Crippen molar-refractivity contribution >= 4 is 17.3 Å². The van der Waals surface area contributed by atoms with Crippen molar-refractivity contribution in [3.8, 4) is 0 Å². The molecule has 0 radical (unpaired) electrons. The van der Waals surface area contributed by atoms with Crippen LogP contribution in [0.3, 0.4) is 0 Å². The van der Waals surface area contributed by atoms with Gasteiger partial charge in [-0.15, -0.1) is 0 Å². The second kappa shape index (κ2) is 2.95. The van der Waals surface area contributed by atoms with E-state index >= 15 is 0 Å². The summed E-state index contributed by atoms with van der Waals surface area (Å²) in [6.45, 7) is 2.06. The molecule has 1 aliphatic heterocycles. The highest BCUT2D eigenvalue weighted by Crippen LogP contribution is 1.83. The van der Waals surface area contributed by atoms with Crippen LogP contribution >= 0.6 is 12.2 Å². The molecule has 0 spiro atoms. The lowest BCUT2D eigenvalue weighted by atomic mass is 10.6. The maximum atomic E-state index is 5.35. The molecule has 0 saturated carbocycles. The van der Waals surface area contributed by atoms with Crippen molar-refractivity contribution in [3.05, 3.63) is 0 Å². The van der Waals surface area contributed by atoms with Gasteiger partial charge in [-0.05, 0) is 12.2 Å². The second-order valence-electron chi connectivity index (χ2n) is 1.85. The van der Waals surface area contributed by atoms with E-state index in [1.807, 2.05) is 4.90 Å². The summed E-state index contributed by atoms with van der Waals surface area (Å²) in [5.74, 6) is 0. The van der Waals surface area contributed by atoms with Crippen molar-refractivity contribution < 1.29 is 0 Å². The molecule has 5 heteroatoms. The lowest BCUT2D eigenvalue weighted by Gasteiger charge is -2.27. The summed E-state index contributed by atoms with van der Waals surface area (Å²) in [6.07, 6.45) is 0. The highest BCUT2D eigenvalue weighted by atomic mass is 32.1. The Hall–Kier alpha value is -0.390. The van der Waals surface area contributed by atoms with E-state index in [1.165, 1.54) is 0 Å². The molecule has 1 rings (SSSR count). The number of thiocarbonyl (C=S) groups is 1. The zero-order valence-corrected chi connectivity index (χ0v) is 5.87. The maximum Gasteiger partial charge on any atom is 0.168 e. The molecule has 1 heterocycles. The lowest BCUT2D eigenvalue weighted by Crippen LogP contribution is -2.55. The topological polar surface area (TPSA) is 53.3 Å². The molecule has 0 aromatic rings. The van der Waals surface area contributed by atoms with Gasteiger partial charge in [0.2, 0.25) is 0 Å². The SMILES string of the molecule is NCN1CNC(=S)NC1. The smallest absolute Gasteiger partial charge is 0.168 e. The molecule has 4 N–H and O–H groups in total. The van der Waals surface area contributed by atoms with Crippen LogP contribution in [0.15, 0.2) is 0 Å². The summed E-state index contributed by atoms with van der Waals surface area (Å²) in [6, 6.07) is 0. The van der Waals surface area contributed by atoms with Crippen LogP contribution in [-0.2, 0) is 0 Å². The highest BCUT2D eigenvalue weighted by molar-refractivity contribution is 7.80. The fourth-order valence-electron chi connectivity index (χ4n) is 0.615. The van der Waals surface area contributed by atoms with Gasteiger partial charge in [-0.1, -0.05) is 0 Å². The molecular weight excluding hydrogens is 136 g/mol. The van der Waals surface area contributed by atoms with Gasteiger partial charge in [0.05, 0.1) is 13.3 Å². The molecule has 1 fully saturated rings. The third-order valence-corrected chi connectivity index (χ3v) is 1.47. The first-order valence-corrected chi connectivity index (χ1v) is 3.18. The van der Waals surface area contributed by atoms with Crippen LogP contribution in [0.25, 0.3) is 0 Å².